The second kappa shape index (κ2) is 8.14. The molecule has 0 bridgehead atoms. The van der Waals surface area contributed by atoms with Gasteiger partial charge in [-0.3, -0.25) is 4.79 Å². The van der Waals surface area contributed by atoms with E-state index >= 15 is 0 Å². The smallest absolute Gasteiger partial charge is 0.263 e. The summed E-state index contributed by atoms with van der Waals surface area (Å²) >= 11 is 0. The summed E-state index contributed by atoms with van der Waals surface area (Å²) in [6.07, 6.45) is 0.118. The highest BCUT2D eigenvalue weighted by Gasteiger charge is 2.21. The Bertz CT molecular complexity index is 1090. The molecule has 1 atom stereocenters. The van der Waals surface area contributed by atoms with Crippen LogP contribution >= 0.6 is 0 Å². The third kappa shape index (κ3) is 3.73. The average molecular weight is 407 g/mol. The van der Waals surface area contributed by atoms with Gasteiger partial charge in [-0.05, 0) is 47.0 Å². The minimum absolute atomic E-state index is 0.0390. The Morgan fingerprint density at radius 3 is 2.43 bits per heavy atom. The van der Waals surface area contributed by atoms with Gasteiger partial charge in [0.15, 0.2) is 17.6 Å². The van der Waals surface area contributed by atoms with Gasteiger partial charge in [0.05, 0.1) is 7.11 Å². The zero-order chi connectivity index (χ0) is 21.3. The van der Waals surface area contributed by atoms with Crippen molar-refractivity contribution in [3.63, 3.8) is 0 Å². The molecule has 0 fully saturated rings. The van der Waals surface area contributed by atoms with Gasteiger partial charge in [-0.25, -0.2) is 0 Å². The molecule has 1 aliphatic rings. The van der Waals surface area contributed by atoms with Crippen LogP contribution in [0.25, 0.3) is 21.9 Å². The van der Waals surface area contributed by atoms with Crippen LogP contribution < -0.4 is 18.9 Å². The number of methoxy groups -OCH3 is 1. The molecule has 4 rings (SSSR count). The van der Waals surface area contributed by atoms with E-state index in [9.17, 15) is 4.79 Å². The Hall–Kier alpha value is -3.41. The van der Waals surface area contributed by atoms with Gasteiger partial charge < -0.3 is 23.8 Å². The molecule has 156 valence electrons. The van der Waals surface area contributed by atoms with Crippen LogP contribution in [0, 0.1) is 0 Å². The lowest BCUT2D eigenvalue weighted by Gasteiger charge is -2.20. The van der Waals surface area contributed by atoms with Gasteiger partial charge in [0, 0.05) is 25.7 Å². The van der Waals surface area contributed by atoms with E-state index in [1.165, 1.54) is 0 Å². The van der Waals surface area contributed by atoms with Crippen LogP contribution in [0.1, 0.15) is 13.3 Å². The number of carbonyl (C=O) groups excluding carboxylic acids is 1. The van der Waals surface area contributed by atoms with Crippen LogP contribution in [0.3, 0.4) is 0 Å². The summed E-state index contributed by atoms with van der Waals surface area (Å²) < 4.78 is 22.5. The number of benzene rings is 3. The largest absolute Gasteiger partial charge is 0.496 e. The Morgan fingerprint density at radius 1 is 1.03 bits per heavy atom. The molecule has 30 heavy (non-hydrogen) atoms. The van der Waals surface area contributed by atoms with Crippen molar-refractivity contribution < 1.29 is 23.7 Å². The highest BCUT2D eigenvalue weighted by atomic mass is 16.7. The van der Waals surface area contributed by atoms with E-state index in [0.29, 0.717) is 23.7 Å². The number of carbonyl (C=O) groups is 1. The molecule has 1 heterocycles. The zero-order valence-corrected chi connectivity index (χ0v) is 17.6. The summed E-state index contributed by atoms with van der Waals surface area (Å²) in [5.74, 6) is 2.77. The van der Waals surface area contributed by atoms with Gasteiger partial charge in [-0.1, -0.05) is 25.1 Å². The van der Waals surface area contributed by atoms with E-state index in [-0.39, 0.29) is 12.7 Å². The maximum absolute atomic E-state index is 12.3. The molecule has 1 amide bonds. The molecule has 0 saturated carbocycles. The lowest BCUT2D eigenvalue weighted by molar-refractivity contribution is -0.136. The fraction of sp³-hybridized carbons (Fsp3) is 0.292. The fourth-order valence-electron chi connectivity index (χ4n) is 3.54. The van der Waals surface area contributed by atoms with Crippen molar-refractivity contribution in [1.29, 1.82) is 0 Å². The molecular formula is C24H25NO5. The van der Waals surface area contributed by atoms with Crippen LogP contribution in [-0.4, -0.2) is 44.9 Å². The number of fused-ring (bicyclic) bond motifs is 2. The molecule has 3 aromatic carbocycles. The maximum Gasteiger partial charge on any atom is 0.263 e. The number of hydrogen-bond acceptors (Lipinski definition) is 5. The van der Waals surface area contributed by atoms with E-state index in [1.807, 2.05) is 49.4 Å². The van der Waals surface area contributed by atoms with Crippen LogP contribution in [0.5, 0.6) is 23.0 Å². The van der Waals surface area contributed by atoms with E-state index in [2.05, 4.69) is 6.07 Å². The van der Waals surface area contributed by atoms with Crippen molar-refractivity contribution in [2.24, 2.45) is 0 Å². The molecule has 1 unspecified atom stereocenters. The van der Waals surface area contributed by atoms with Crippen LogP contribution in [0.15, 0.2) is 48.5 Å². The van der Waals surface area contributed by atoms with Gasteiger partial charge in [0.1, 0.15) is 11.5 Å². The summed E-state index contributed by atoms with van der Waals surface area (Å²) in [6.45, 7) is 2.16. The number of nitrogens with zero attached hydrogens (tertiary/aromatic N) is 1. The van der Waals surface area contributed by atoms with Crippen molar-refractivity contribution in [2.45, 2.75) is 19.4 Å². The standard InChI is InChI=1S/C24H25NO5/c1-5-20(24(26)25(2)3)30-18-9-8-15-10-17(7-6-16(15)11-18)19-12-22-23(29-14-28-22)13-21(19)27-4/h6-13,20H,5,14H2,1-4H3. The van der Waals surface area contributed by atoms with Gasteiger partial charge in [-0.15, -0.1) is 0 Å². The maximum atomic E-state index is 12.3. The number of amides is 1. The van der Waals surface area contributed by atoms with Crippen molar-refractivity contribution in [2.75, 3.05) is 28.0 Å². The van der Waals surface area contributed by atoms with Crippen molar-refractivity contribution in [3.8, 4) is 34.1 Å². The molecule has 1 aliphatic heterocycles. The minimum Gasteiger partial charge on any atom is -0.496 e. The highest BCUT2D eigenvalue weighted by Crippen LogP contribution is 2.43. The van der Waals surface area contributed by atoms with E-state index in [4.69, 9.17) is 18.9 Å². The van der Waals surface area contributed by atoms with E-state index in [0.717, 1.165) is 27.6 Å². The normalized spacial score (nSPS) is 13.2. The van der Waals surface area contributed by atoms with Gasteiger partial charge in [0.2, 0.25) is 6.79 Å². The summed E-state index contributed by atoms with van der Waals surface area (Å²) in [4.78, 5) is 13.8. The Labute approximate surface area is 175 Å². The third-order valence-corrected chi connectivity index (χ3v) is 5.18. The molecule has 0 radical (unpaired) electrons. The SMILES string of the molecule is CCC(Oc1ccc2cc(-c3cc4c(cc3OC)OCO4)ccc2c1)C(=O)N(C)C. The number of likely N-dealkylation sites (N-methyl/N-ethyl adjacent to an activating group) is 1. The first-order valence-electron chi connectivity index (χ1n) is 9.89. The van der Waals surface area contributed by atoms with Gasteiger partial charge in [-0.2, -0.15) is 0 Å². The Balaban J connectivity index is 1.65. The molecule has 0 aliphatic carbocycles. The minimum atomic E-state index is -0.491. The van der Waals surface area contributed by atoms with Crippen LogP contribution in [0.2, 0.25) is 0 Å². The average Bonchev–Trinajstić information content (AvgIpc) is 3.23. The monoisotopic (exact) mass is 407 g/mol. The molecule has 6 heteroatoms. The van der Waals surface area contributed by atoms with Crippen molar-refractivity contribution in [3.05, 3.63) is 48.5 Å². The zero-order valence-electron chi connectivity index (χ0n) is 17.6. The molecular weight excluding hydrogens is 382 g/mol. The molecule has 0 aromatic heterocycles. The third-order valence-electron chi connectivity index (χ3n) is 5.18. The van der Waals surface area contributed by atoms with Crippen LogP contribution in [-0.2, 0) is 4.79 Å². The summed E-state index contributed by atoms with van der Waals surface area (Å²) in [7, 11) is 5.12. The van der Waals surface area contributed by atoms with E-state index < -0.39 is 6.10 Å². The second-order valence-electron chi connectivity index (χ2n) is 7.38. The molecule has 3 aromatic rings. The molecule has 6 nitrogen and oxygen atoms in total. The number of rotatable bonds is 6. The van der Waals surface area contributed by atoms with Gasteiger partial charge in [0.25, 0.3) is 5.91 Å². The summed E-state index contributed by atoms with van der Waals surface area (Å²) in [5, 5.41) is 2.09. The first kappa shape index (κ1) is 19.9. The first-order valence-corrected chi connectivity index (χ1v) is 9.89. The second-order valence-corrected chi connectivity index (χ2v) is 7.38. The molecule has 0 spiro atoms. The summed E-state index contributed by atoms with van der Waals surface area (Å²) in [5.41, 5.74) is 1.95. The lowest BCUT2D eigenvalue weighted by Crippen LogP contribution is -2.37. The van der Waals surface area contributed by atoms with Gasteiger partial charge >= 0.3 is 0 Å². The Morgan fingerprint density at radius 2 is 1.73 bits per heavy atom. The van der Waals surface area contributed by atoms with E-state index in [1.54, 1.807) is 26.1 Å². The lowest BCUT2D eigenvalue weighted by atomic mass is 10.00. The summed E-state index contributed by atoms with van der Waals surface area (Å²) in [6, 6.07) is 15.8. The predicted octanol–water partition coefficient (Wildman–Crippen LogP) is 4.49. The fourth-order valence-corrected chi connectivity index (χ4v) is 3.54. The molecule has 0 N–H and O–H groups in total. The quantitative estimate of drug-likeness (QED) is 0.603. The Kier molecular flexibility index (Phi) is 5.40. The predicted molar refractivity (Wildman–Crippen MR) is 115 cm³/mol. The van der Waals surface area contributed by atoms with Crippen molar-refractivity contribution >= 4 is 16.7 Å². The highest BCUT2D eigenvalue weighted by molar-refractivity contribution is 5.90. The topological polar surface area (TPSA) is 57.2 Å². The number of hydrogen-bond donors (Lipinski definition) is 0. The van der Waals surface area contributed by atoms with Crippen molar-refractivity contribution in [1.82, 2.24) is 4.90 Å². The first-order chi connectivity index (χ1) is 14.5. The van der Waals surface area contributed by atoms with Crippen LogP contribution in [0.4, 0.5) is 0 Å². The molecule has 0 saturated heterocycles. The number of ether oxygens (including phenoxy) is 4.